The Kier molecular flexibility index (Phi) is 6.86. The maximum Gasteiger partial charge on any atom is 0.179 e. The lowest BCUT2D eigenvalue weighted by molar-refractivity contribution is 0.0766. The van der Waals surface area contributed by atoms with Crippen LogP contribution in [0, 0.1) is 5.82 Å². The standard InChI is InChI=1S/C17H26FNO/c1-5-7-12-19(13(3)6-2)14(4)17(20)15-8-10-16(18)11-9-15/h8-11,13-14H,5-7,12H2,1-4H3. The number of carbonyl (C=O) groups excluding carboxylic acids is 1. The van der Waals surface area contributed by atoms with Crippen LogP contribution in [0.4, 0.5) is 4.39 Å². The summed E-state index contributed by atoms with van der Waals surface area (Å²) in [5, 5.41) is 0. The molecule has 0 N–H and O–H groups in total. The van der Waals surface area contributed by atoms with Gasteiger partial charge in [0.15, 0.2) is 5.78 Å². The van der Waals surface area contributed by atoms with E-state index in [2.05, 4.69) is 25.7 Å². The minimum absolute atomic E-state index is 0.0707. The average Bonchev–Trinajstić information content (AvgIpc) is 2.47. The fourth-order valence-electron chi connectivity index (χ4n) is 2.38. The summed E-state index contributed by atoms with van der Waals surface area (Å²) in [6.07, 6.45) is 3.22. The first-order chi connectivity index (χ1) is 9.51. The van der Waals surface area contributed by atoms with Gasteiger partial charge in [0.1, 0.15) is 5.82 Å². The van der Waals surface area contributed by atoms with Gasteiger partial charge in [0, 0.05) is 11.6 Å². The number of rotatable bonds is 8. The van der Waals surface area contributed by atoms with E-state index in [9.17, 15) is 9.18 Å². The molecule has 1 aromatic carbocycles. The van der Waals surface area contributed by atoms with Crippen LogP contribution in [0.5, 0.6) is 0 Å². The largest absolute Gasteiger partial charge is 0.292 e. The van der Waals surface area contributed by atoms with E-state index in [4.69, 9.17) is 0 Å². The topological polar surface area (TPSA) is 20.3 Å². The molecule has 2 nitrogen and oxygen atoms in total. The average molecular weight is 279 g/mol. The molecule has 2 unspecified atom stereocenters. The summed E-state index contributed by atoms with van der Waals surface area (Å²) in [6, 6.07) is 6.05. The molecule has 0 bridgehead atoms. The van der Waals surface area contributed by atoms with E-state index < -0.39 is 0 Å². The molecule has 1 aromatic rings. The molecule has 112 valence electrons. The monoisotopic (exact) mass is 279 g/mol. The Balaban J connectivity index is 2.84. The number of halogens is 1. The number of carbonyl (C=O) groups is 1. The third-order valence-corrected chi connectivity index (χ3v) is 3.93. The van der Waals surface area contributed by atoms with Crippen LogP contribution in [0.1, 0.15) is 57.3 Å². The van der Waals surface area contributed by atoms with Crippen molar-refractivity contribution >= 4 is 5.78 Å². The highest BCUT2D eigenvalue weighted by Crippen LogP contribution is 2.15. The van der Waals surface area contributed by atoms with Crippen LogP contribution < -0.4 is 0 Å². The molecule has 0 aliphatic carbocycles. The van der Waals surface area contributed by atoms with Gasteiger partial charge in [-0.15, -0.1) is 0 Å². The summed E-state index contributed by atoms with van der Waals surface area (Å²) >= 11 is 0. The molecular formula is C17H26FNO. The van der Waals surface area contributed by atoms with E-state index in [1.165, 1.54) is 12.1 Å². The summed E-state index contributed by atoms with van der Waals surface area (Å²) in [7, 11) is 0. The fourth-order valence-corrected chi connectivity index (χ4v) is 2.38. The third-order valence-electron chi connectivity index (χ3n) is 3.93. The minimum atomic E-state index is -0.307. The Bertz CT molecular complexity index is 416. The lowest BCUT2D eigenvalue weighted by Gasteiger charge is -2.33. The van der Waals surface area contributed by atoms with Gasteiger partial charge in [-0.2, -0.15) is 0 Å². The van der Waals surface area contributed by atoms with Gasteiger partial charge in [-0.05, 0) is 57.5 Å². The first-order valence-corrected chi connectivity index (χ1v) is 7.56. The molecule has 0 saturated carbocycles. The molecule has 20 heavy (non-hydrogen) atoms. The van der Waals surface area contributed by atoms with Crippen molar-refractivity contribution in [3.8, 4) is 0 Å². The Morgan fingerprint density at radius 3 is 2.30 bits per heavy atom. The lowest BCUT2D eigenvalue weighted by Crippen LogP contribution is -2.45. The van der Waals surface area contributed by atoms with E-state index in [1.807, 2.05) is 6.92 Å². The zero-order chi connectivity index (χ0) is 15.1. The Labute approximate surface area is 122 Å². The number of hydrogen-bond acceptors (Lipinski definition) is 2. The summed E-state index contributed by atoms with van der Waals surface area (Å²) in [5.41, 5.74) is 0.587. The van der Waals surface area contributed by atoms with Gasteiger partial charge < -0.3 is 0 Å². The molecule has 0 aromatic heterocycles. The number of nitrogens with zero attached hydrogens (tertiary/aromatic N) is 1. The number of benzene rings is 1. The highest BCUT2D eigenvalue weighted by Gasteiger charge is 2.25. The van der Waals surface area contributed by atoms with Gasteiger partial charge in [0.25, 0.3) is 0 Å². The quantitative estimate of drug-likeness (QED) is 0.661. The molecule has 0 aliphatic rings. The Morgan fingerprint density at radius 1 is 1.20 bits per heavy atom. The molecule has 0 fully saturated rings. The predicted molar refractivity (Wildman–Crippen MR) is 81.6 cm³/mol. The number of ketones is 1. The van der Waals surface area contributed by atoms with Gasteiger partial charge in [0.05, 0.1) is 6.04 Å². The van der Waals surface area contributed by atoms with E-state index in [0.717, 1.165) is 25.8 Å². The summed E-state index contributed by atoms with van der Waals surface area (Å²) in [6.45, 7) is 9.33. The molecule has 0 aliphatic heterocycles. The lowest BCUT2D eigenvalue weighted by atomic mass is 10.0. The summed E-state index contributed by atoms with van der Waals surface area (Å²) < 4.78 is 12.9. The van der Waals surface area contributed by atoms with Crippen molar-refractivity contribution in [2.45, 2.75) is 59.0 Å². The Hall–Kier alpha value is -1.22. The van der Waals surface area contributed by atoms with Crippen LogP contribution in [-0.4, -0.2) is 29.3 Å². The molecule has 0 saturated heterocycles. The van der Waals surface area contributed by atoms with Gasteiger partial charge >= 0.3 is 0 Å². The van der Waals surface area contributed by atoms with Gasteiger partial charge in [-0.1, -0.05) is 20.3 Å². The van der Waals surface area contributed by atoms with Crippen LogP contribution in [0.25, 0.3) is 0 Å². The van der Waals surface area contributed by atoms with Gasteiger partial charge in [-0.3, -0.25) is 9.69 Å². The van der Waals surface area contributed by atoms with Crippen molar-refractivity contribution in [2.75, 3.05) is 6.54 Å². The smallest absolute Gasteiger partial charge is 0.179 e. The van der Waals surface area contributed by atoms with Crippen LogP contribution >= 0.6 is 0 Å². The fraction of sp³-hybridized carbons (Fsp3) is 0.588. The van der Waals surface area contributed by atoms with Crippen molar-refractivity contribution in [2.24, 2.45) is 0 Å². The second kappa shape index (κ2) is 8.15. The molecule has 0 spiro atoms. The second-order valence-corrected chi connectivity index (χ2v) is 5.40. The number of Topliss-reactive ketones (excluding diaryl/α,β-unsaturated/α-hetero) is 1. The highest BCUT2D eigenvalue weighted by atomic mass is 19.1. The predicted octanol–water partition coefficient (Wildman–Crippen LogP) is 4.30. The van der Waals surface area contributed by atoms with Crippen molar-refractivity contribution in [3.63, 3.8) is 0 Å². The van der Waals surface area contributed by atoms with Crippen LogP contribution in [0.2, 0.25) is 0 Å². The molecule has 0 radical (unpaired) electrons. The molecule has 1 rings (SSSR count). The molecule has 0 amide bonds. The molecule has 0 heterocycles. The zero-order valence-corrected chi connectivity index (χ0v) is 13.0. The summed E-state index contributed by atoms with van der Waals surface area (Å²) in [4.78, 5) is 14.8. The Morgan fingerprint density at radius 2 is 1.80 bits per heavy atom. The number of hydrogen-bond donors (Lipinski definition) is 0. The van der Waals surface area contributed by atoms with Gasteiger partial charge in [0.2, 0.25) is 0 Å². The molecule has 3 heteroatoms. The van der Waals surface area contributed by atoms with Crippen LogP contribution in [0.3, 0.4) is 0 Å². The van der Waals surface area contributed by atoms with E-state index in [0.29, 0.717) is 11.6 Å². The van der Waals surface area contributed by atoms with Crippen molar-refractivity contribution in [1.29, 1.82) is 0 Å². The summed E-state index contributed by atoms with van der Waals surface area (Å²) in [5.74, 6) is -0.236. The van der Waals surface area contributed by atoms with Crippen molar-refractivity contribution < 1.29 is 9.18 Å². The zero-order valence-electron chi connectivity index (χ0n) is 13.0. The third kappa shape index (κ3) is 4.41. The van der Waals surface area contributed by atoms with E-state index >= 15 is 0 Å². The minimum Gasteiger partial charge on any atom is -0.292 e. The van der Waals surface area contributed by atoms with E-state index in [1.54, 1.807) is 12.1 Å². The molecule has 2 atom stereocenters. The normalized spacial score (nSPS) is 14.3. The maximum absolute atomic E-state index is 12.9. The van der Waals surface area contributed by atoms with Gasteiger partial charge in [-0.25, -0.2) is 4.39 Å². The first kappa shape index (κ1) is 16.8. The van der Waals surface area contributed by atoms with Crippen molar-refractivity contribution in [1.82, 2.24) is 4.90 Å². The SMILES string of the molecule is CCCCN(C(C)CC)C(C)C(=O)c1ccc(F)cc1. The van der Waals surface area contributed by atoms with Crippen LogP contribution in [-0.2, 0) is 0 Å². The highest BCUT2D eigenvalue weighted by molar-refractivity contribution is 5.99. The second-order valence-electron chi connectivity index (χ2n) is 5.40. The van der Waals surface area contributed by atoms with Crippen molar-refractivity contribution in [3.05, 3.63) is 35.6 Å². The molecular weight excluding hydrogens is 253 g/mol. The first-order valence-electron chi connectivity index (χ1n) is 7.56. The van der Waals surface area contributed by atoms with Crippen LogP contribution in [0.15, 0.2) is 24.3 Å². The number of unbranched alkanes of at least 4 members (excludes halogenated alkanes) is 1. The maximum atomic E-state index is 12.9. The van der Waals surface area contributed by atoms with E-state index in [-0.39, 0.29) is 17.6 Å².